The minimum atomic E-state index is -1.52. The van der Waals surface area contributed by atoms with Crippen molar-refractivity contribution in [3.05, 3.63) is 33.7 Å². The number of carboxylic acids is 1. The van der Waals surface area contributed by atoms with E-state index in [4.69, 9.17) is 4.74 Å². The molecule has 134 valence electrons. The molecule has 0 bridgehead atoms. The number of rotatable bonds is 6. The van der Waals surface area contributed by atoms with Gasteiger partial charge in [0.05, 0.1) is 6.42 Å². The largest absolute Gasteiger partial charge is 0.477 e. The van der Waals surface area contributed by atoms with Crippen LogP contribution in [0.25, 0.3) is 0 Å². The standard InChI is InChI=1S/C15H15IN2O5S2/c1-23-15(17-10(19)5-9-3-2-4-24-9)13(22)18-11(12(20)21)8(6-16)7-25-14(15)18/h2-4,14H,5-7H2,1H3,(H,17,19)(H,20,21)/t14-,15-/m1/s1. The molecule has 1 aromatic rings. The van der Waals surface area contributed by atoms with Crippen LogP contribution in [-0.2, 0) is 25.5 Å². The number of halogens is 1. The van der Waals surface area contributed by atoms with Crippen LogP contribution in [0.4, 0.5) is 0 Å². The minimum absolute atomic E-state index is 0.00308. The molecule has 2 amide bonds. The molecule has 25 heavy (non-hydrogen) atoms. The molecule has 1 saturated heterocycles. The Balaban J connectivity index is 1.82. The van der Waals surface area contributed by atoms with Crippen LogP contribution in [0, 0.1) is 0 Å². The van der Waals surface area contributed by atoms with E-state index >= 15 is 0 Å². The van der Waals surface area contributed by atoms with Crippen molar-refractivity contribution in [3.8, 4) is 0 Å². The Morgan fingerprint density at radius 3 is 2.88 bits per heavy atom. The zero-order valence-electron chi connectivity index (χ0n) is 13.2. The number of aliphatic carboxylic acids is 1. The number of carbonyl (C=O) groups excluding carboxylic acids is 2. The quantitative estimate of drug-likeness (QED) is 0.269. The van der Waals surface area contributed by atoms with Gasteiger partial charge in [-0.1, -0.05) is 28.7 Å². The van der Waals surface area contributed by atoms with Crippen LogP contribution in [0.1, 0.15) is 4.88 Å². The molecule has 2 aliphatic heterocycles. The Kier molecular flexibility index (Phi) is 5.42. The van der Waals surface area contributed by atoms with Crippen molar-refractivity contribution >= 4 is 63.5 Å². The van der Waals surface area contributed by atoms with Crippen LogP contribution in [-0.4, -0.2) is 56.2 Å². The van der Waals surface area contributed by atoms with E-state index in [1.165, 1.54) is 35.1 Å². The molecule has 2 aliphatic rings. The number of carboxylic acid groups (broad SMARTS) is 1. The lowest BCUT2D eigenvalue weighted by atomic mass is 9.98. The van der Waals surface area contributed by atoms with Crippen molar-refractivity contribution in [1.82, 2.24) is 10.2 Å². The summed E-state index contributed by atoms with van der Waals surface area (Å²) < 4.78 is 5.91. The van der Waals surface area contributed by atoms with E-state index in [9.17, 15) is 19.5 Å². The number of amides is 2. The van der Waals surface area contributed by atoms with Crippen LogP contribution < -0.4 is 5.32 Å². The highest BCUT2D eigenvalue weighted by Crippen LogP contribution is 2.46. The lowest BCUT2D eigenvalue weighted by molar-refractivity contribution is -0.192. The van der Waals surface area contributed by atoms with Crippen molar-refractivity contribution in [3.63, 3.8) is 0 Å². The van der Waals surface area contributed by atoms with Gasteiger partial charge in [0.1, 0.15) is 11.1 Å². The fourth-order valence-electron chi connectivity index (χ4n) is 2.87. The molecule has 10 heteroatoms. The van der Waals surface area contributed by atoms with Gasteiger partial charge in [0.2, 0.25) is 5.91 Å². The summed E-state index contributed by atoms with van der Waals surface area (Å²) in [7, 11) is 1.35. The summed E-state index contributed by atoms with van der Waals surface area (Å²) in [4.78, 5) is 38.8. The summed E-state index contributed by atoms with van der Waals surface area (Å²) in [6.45, 7) is 0. The molecule has 0 aromatic carbocycles. The molecule has 0 spiro atoms. The predicted molar refractivity (Wildman–Crippen MR) is 103 cm³/mol. The molecular weight excluding hydrogens is 479 g/mol. The third kappa shape index (κ3) is 3.09. The van der Waals surface area contributed by atoms with Gasteiger partial charge in [-0.25, -0.2) is 4.79 Å². The molecule has 2 N–H and O–H groups in total. The van der Waals surface area contributed by atoms with Gasteiger partial charge in [-0.05, 0) is 17.0 Å². The van der Waals surface area contributed by atoms with Crippen LogP contribution in [0.2, 0.25) is 0 Å². The summed E-state index contributed by atoms with van der Waals surface area (Å²) in [5.41, 5.74) is -0.822. The molecule has 0 saturated carbocycles. The second-order valence-corrected chi connectivity index (χ2v) is 8.34. The number of hydrogen-bond acceptors (Lipinski definition) is 6. The Labute approximate surface area is 165 Å². The van der Waals surface area contributed by atoms with Crippen molar-refractivity contribution in [2.45, 2.75) is 17.5 Å². The average molecular weight is 494 g/mol. The minimum Gasteiger partial charge on any atom is -0.477 e. The molecule has 1 fully saturated rings. The molecule has 3 rings (SSSR count). The first-order valence-corrected chi connectivity index (χ1v) is 10.7. The number of thiophene rings is 1. The Hall–Kier alpha value is -1.11. The molecule has 3 heterocycles. The van der Waals surface area contributed by atoms with E-state index in [1.54, 1.807) is 0 Å². The Morgan fingerprint density at radius 2 is 2.32 bits per heavy atom. The first kappa shape index (κ1) is 18.7. The van der Waals surface area contributed by atoms with Gasteiger partial charge in [-0.15, -0.1) is 23.1 Å². The summed E-state index contributed by atoms with van der Waals surface area (Å²) >= 11 is 4.93. The maximum Gasteiger partial charge on any atom is 0.352 e. The Morgan fingerprint density at radius 1 is 1.56 bits per heavy atom. The van der Waals surface area contributed by atoms with Crippen LogP contribution >= 0.6 is 45.7 Å². The van der Waals surface area contributed by atoms with Gasteiger partial charge in [-0.2, -0.15) is 0 Å². The molecule has 0 radical (unpaired) electrons. The van der Waals surface area contributed by atoms with Crippen LogP contribution in [0.15, 0.2) is 28.8 Å². The molecule has 0 unspecified atom stereocenters. The lowest BCUT2D eigenvalue weighted by Gasteiger charge is -2.55. The third-order valence-corrected chi connectivity index (χ3v) is 7.21. The number of β-lactam (4-membered cyclic amide) rings is 1. The number of fused-ring (bicyclic) bond motifs is 1. The van der Waals surface area contributed by atoms with Crippen LogP contribution in [0.3, 0.4) is 0 Å². The van der Waals surface area contributed by atoms with E-state index in [-0.39, 0.29) is 18.0 Å². The zero-order valence-corrected chi connectivity index (χ0v) is 16.9. The second kappa shape index (κ2) is 7.25. The number of nitrogens with one attached hydrogen (secondary N) is 1. The summed E-state index contributed by atoms with van der Waals surface area (Å²) in [6, 6.07) is 3.69. The number of thioether (sulfide) groups is 1. The predicted octanol–water partition coefficient (Wildman–Crippen LogP) is 1.44. The fourth-order valence-corrected chi connectivity index (χ4v) is 6.01. The smallest absolute Gasteiger partial charge is 0.352 e. The van der Waals surface area contributed by atoms with E-state index in [0.717, 1.165) is 4.88 Å². The summed E-state index contributed by atoms with van der Waals surface area (Å²) in [5, 5.41) is 13.4. The maximum absolute atomic E-state index is 12.7. The first-order valence-electron chi connectivity index (χ1n) is 7.29. The summed E-state index contributed by atoms with van der Waals surface area (Å²) in [6.07, 6.45) is 0.147. The van der Waals surface area contributed by atoms with Gasteiger partial charge in [0.15, 0.2) is 0 Å². The number of hydrogen-bond donors (Lipinski definition) is 2. The van der Waals surface area contributed by atoms with Gasteiger partial charge in [0, 0.05) is 22.2 Å². The number of carbonyl (C=O) groups is 3. The molecular formula is C15H15IN2O5S2. The van der Waals surface area contributed by atoms with Crippen molar-refractivity contribution in [2.75, 3.05) is 17.3 Å². The molecule has 7 nitrogen and oxygen atoms in total. The van der Waals surface area contributed by atoms with Gasteiger partial charge in [0.25, 0.3) is 11.6 Å². The average Bonchev–Trinajstić information content (AvgIpc) is 3.10. The lowest BCUT2D eigenvalue weighted by Crippen LogP contribution is -2.80. The van der Waals surface area contributed by atoms with E-state index in [1.807, 2.05) is 17.5 Å². The van der Waals surface area contributed by atoms with Crippen molar-refractivity contribution in [2.24, 2.45) is 0 Å². The highest BCUT2D eigenvalue weighted by molar-refractivity contribution is 14.1. The zero-order chi connectivity index (χ0) is 18.2. The number of ether oxygens (including phenoxy) is 1. The number of methoxy groups -OCH3 is 1. The number of alkyl halides is 1. The first-order chi connectivity index (χ1) is 11.9. The normalized spacial score (nSPS) is 25.4. The summed E-state index contributed by atoms with van der Waals surface area (Å²) in [5.74, 6) is -1.55. The number of nitrogens with zero attached hydrogens (tertiary/aromatic N) is 1. The fraction of sp³-hybridized carbons (Fsp3) is 0.400. The van der Waals surface area contributed by atoms with Crippen LogP contribution in [0.5, 0.6) is 0 Å². The highest BCUT2D eigenvalue weighted by atomic mass is 127. The second-order valence-electron chi connectivity index (χ2n) is 5.47. The third-order valence-electron chi connectivity index (χ3n) is 4.04. The van der Waals surface area contributed by atoms with Gasteiger partial charge in [-0.3, -0.25) is 14.5 Å². The monoisotopic (exact) mass is 494 g/mol. The van der Waals surface area contributed by atoms with E-state index in [2.05, 4.69) is 27.9 Å². The molecule has 2 atom stereocenters. The highest BCUT2D eigenvalue weighted by Gasteiger charge is 2.66. The van der Waals surface area contributed by atoms with Gasteiger partial charge >= 0.3 is 5.97 Å². The SMILES string of the molecule is CO[C@]1(NC(=O)Cc2cccs2)C(=O)N2C(C(=O)O)=C(CI)CS[C@@H]21. The van der Waals surface area contributed by atoms with Crippen molar-refractivity contribution < 1.29 is 24.2 Å². The van der Waals surface area contributed by atoms with E-state index in [0.29, 0.717) is 15.8 Å². The maximum atomic E-state index is 12.7. The van der Waals surface area contributed by atoms with Crippen molar-refractivity contribution in [1.29, 1.82) is 0 Å². The van der Waals surface area contributed by atoms with Gasteiger partial charge < -0.3 is 15.2 Å². The molecule has 0 aliphatic carbocycles. The topological polar surface area (TPSA) is 95.9 Å². The molecule has 1 aromatic heterocycles. The Bertz CT molecular complexity index is 751. The van der Waals surface area contributed by atoms with E-state index < -0.39 is 23.0 Å².